The highest BCUT2D eigenvalue weighted by atomic mass is 19.4. The Morgan fingerprint density at radius 2 is 1.83 bits per heavy atom. The Labute approximate surface area is 232 Å². The van der Waals surface area contributed by atoms with Gasteiger partial charge < -0.3 is 19.5 Å². The highest BCUT2D eigenvalue weighted by Gasteiger charge is 2.42. The monoisotopic (exact) mass is 568 g/mol. The van der Waals surface area contributed by atoms with E-state index in [1.807, 2.05) is 49.5 Å². The molecular formula is C29H27F3N4O5. The molecule has 0 bridgehead atoms. The van der Waals surface area contributed by atoms with E-state index < -0.39 is 35.9 Å². The van der Waals surface area contributed by atoms with E-state index in [1.165, 1.54) is 5.48 Å². The highest BCUT2D eigenvalue weighted by Crippen LogP contribution is 2.27. The number of halogens is 3. The Morgan fingerprint density at radius 3 is 2.59 bits per heavy atom. The van der Waals surface area contributed by atoms with Gasteiger partial charge in [0, 0.05) is 53.5 Å². The summed E-state index contributed by atoms with van der Waals surface area (Å²) in [6.07, 6.45) is -3.20. The zero-order chi connectivity index (χ0) is 29.2. The number of hydrogen-bond donors (Lipinski definition) is 2. The average Bonchev–Trinajstić information content (AvgIpc) is 3.33. The zero-order valence-electron chi connectivity index (χ0n) is 22.1. The van der Waals surface area contributed by atoms with E-state index in [4.69, 9.17) is 4.74 Å². The van der Waals surface area contributed by atoms with Crippen LogP contribution >= 0.6 is 0 Å². The fraction of sp³-hybridized carbons (Fsp3) is 0.310. The minimum atomic E-state index is -5.25. The number of hydrogen-bond acceptors (Lipinski definition) is 6. The smallest absolute Gasteiger partial charge is 0.381 e. The van der Waals surface area contributed by atoms with Crippen molar-refractivity contribution in [3.63, 3.8) is 0 Å². The van der Waals surface area contributed by atoms with Crippen molar-refractivity contribution in [2.45, 2.75) is 44.4 Å². The molecule has 2 aromatic heterocycles. The van der Waals surface area contributed by atoms with Crippen molar-refractivity contribution in [2.75, 3.05) is 13.2 Å². The van der Waals surface area contributed by atoms with Crippen LogP contribution in [0.15, 0.2) is 60.8 Å². The van der Waals surface area contributed by atoms with E-state index in [2.05, 4.69) is 25.8 Å². The fourth-order valence-corrected chi connectivity index (χ4v) is 5.11. The topological polar surface area (TPSA) is 112 Å². The van der Waals surface area contributed by atoms with E-state index >= 15 is 0 Å². The second-order valence-corrected chi connectivity index (χ2v) is 10.1. The van der Waals surface area contributed by atoms with E-state index in [0.717, 1.165) is 33.1 Å². The first kappa shape index (κ1) is 28.1. The summed E-state index contributed by atoms with van der Waals surface area (Å²) in [4.78, 5) is 45.0. The molecule has 4 aromatic rings. The summed E-state index contributed by atoms with van der Waals surface area (Å²) in [7, 11) is 0. The van der Waals surface area contributed by atoms with Gasteiger partial charge in [-0.25, -0.2) is 4.79 Å². The summed E-state index contributed by atoms with van der Waals surface area (Å²) in [6, 6.07) is 17.2. The number of amides is 2. The lowest BCUT2D eigenvalue weighted by molar-refractivity contribution is -0.207. The summed E-state index contributed by atoms with van der Waals surface area (Å²) in [5, 5.41) is 4.78. The summed E-state index contributed by atoms with van der Waals surface area (Å²) < 4.78 is 44.6. The molecule has 0 atom stereocenters. The Kier molecular flexibility index (Phi) is 7.68. The highest BCUT2D eigenvalue weighted by molar-refractivity contribution is 5.99. The number of ether oxygens (including phenoxy) is 1. The van der Waals surface area contributed by atoms with Crippen molar-refractivity contribution < 1.29 is 37.1 Å². The van der Waals surface area contributed by atoms with Crippen molar-refractivity contribution in [3.05, 3.63) is 77.6 Å². The quantitative estimate of drug-likeness (QED) is 0.335. The van der Waals surface area contributed by atoms with Gasteiger partial charge in [0.2, 0.25) is 0 Å². The first-order valence-electron chi connectivity index (χ1n) is 12.9. The lowest BCUT2D eigenvalue weighted by Gasteiger charge is -2.37. The van der Waals surface area contributed by atoms with Gasteiger partial charge in [0.15, 0.2) is 0 Å². The van der Waals surface area contributed by atoms with Gasteiger partial charge in [-0.2, -0.15) is 18.7 Å². The second kappa shape index (κ2) is 11.2. The molecule has 214 valence electrons. The van der Waals surface area contributed by atoms with Crippen molar-refractivity contribution in [2.24, 2.45) is 0 Å². The number of hydroxylamine groups is 1. The number of para-hydroxylation sites is 1. The van der Waals surface area contributed by atoms with Crippen molar-refractivity contribution >= 4 is 39.6 Å². The predicted molar refractivity (Wildman–Crippen MR) is 143 cm³/mol. The van der Waals surface area contributed by atoms with E-state index in [-0.39, 0.29) is 26.1 Å². The molecule has 1 fully saturated rings. The number of benzene rings is 2. The van der Waals surface area contributed by atoms with Gasteiger partial charge in [-0.05, 0) is 61.7 Å². The van der Waals surface area contributed by atoms with Crippen LogP contribution in [0.3, 0.4) is 0 Å². The molecule has 41 heavy (non-hydrogen) atoms. The minimum Gasteiger partial charge on any atom is -0.381 e. The number of carbonyl (C=O) groups excluding carboxylic acids is 3. The van der Waals surface area contributed by atoms with Crippen LogP contribution < -0.4 is 10.8 Å². The van der Waals surface area contributed by atoms with Gasteiger partial charge in [0.1, 0.15) is 0 Å². The minimum absolute atomic E-state index is 0.237. The SMILES string of the molecule is Cc1cc(Cn2ccc3cc(C(=O)NC4(CC(=O)NOC(=O)C(F)(F)F)CCOCC4)ccc32)c2ccccc2n1. The van der Waals surface area contributed by atoms with E-state index in [9.17, 15) is 27.6 Å². The lowest BCUT2D eigenvalue weighted by Crippen LogP contribution is -2.54. The van der Waals surface area contributed by atoms with Crippen LogP contribution in [0.1, 0.15) is 40.9 Å². The van der Waals surface area contributed by atoms with Gasteiger partial charge in [0.05, 0.1) is 17.5 Å². The zero-order valence-corrected chi connectivity index (χ0v) is 22.1. The molecule has 3 heterocycles. The number of rotatable bonds is 6. The number of aromatic nitrogens is 2. The molecule has 0 unspecified atom stereocenters. The lowest BCUT2D eigenvalue weighted by atomic mass is 9.86. The summed E-state index contributed by atoms with van der Waals surface area (Å²) in [5.41, 5.74) is 4.68. The van der Waals surface area contributed by atoms with Crippen LogP contribution in [0, 0.1) is 6.92 Å². The third-order valence-electron chi connectivity index (χ3n) is 7.12. The number of aryl methyl sites for hydroxylation is 1. The van der Waals surface area contributed by atoms with Crippen LogP contribution in [0.25, 0.3) is 21.8 Å². The number of alkyl halides is 3. The number of nitrogens with zero attached hydrogens (tertiary/aromatic N) is 2. The molecule has 0 spiro atoms. The number of carbonyl (C=O) groups is 3. The molecule has 0 saturated carbocycles. The maximum absolute atomic E-state index is 13.3. The van der Waals surface area contributed by atoms with Crippen LogP contribution in [0.2, 0.25) is 0 Å². The molecule has 12 heteroatoms. The first-order chi connectivity index (χ1) is 19.5. The molecule has 2 amide bonds. The molecule has 1 aliphatic rings. The molecule has 0 aliphatic carbocycles. The van der Waals surface area contributed by atoms with Crippen molar-refractivity contribution in [1.82, 2.24) is 20.3 Å². The average molecular weight is 569 g/mol. The van der Waals surface area contributed by atoms with Crippen LogP contribution in [0.4, 0.5) is 13.2 Å². The van der Waals surface area contributed by atoms with E-state index in [1.54, 1.807) is 12.1 Å². The van der Waals surface area contributed by atoms with Gasteiger partial charge in [-0.3, -0.25) is 14.6 Å². The van der Waals surface area contributed by atoms with Crippen molar-refractivity contribution in [3.8, 4) is 0 Å². The summed E-state index contributed by atoms with van der Waals surface area (Å²) in [6.45, 7) is 3.04. The van der Waals surface area contributed by atoms with Gasteiger partial charge >= 0.3 is 12.1 Å². The summed E-state index contributed by atoms with van der Waals surface area (Å²) in [5.74, 6) is -3.96. The van der Waals surface area contributed by atoms with E-state index in [0.29, 0.717) is 12.1 Å². The Morgan fingerprint density at radius 1 is 1.07 bits per heavy atom. The number of pyridine rings is 1. The van der Waals surface area contributed by atoms with Gasteiger partial charge in [-0.15, -0.1) is 0 Å². The molecule has 2 aromatic carbocycles. The molecular weight excluding hydrogens is 541 g/mol. The largest absolute Gasteiger partial charge is 0.493 e. The predicted octanol–water partition coefficient (Wildman–Crippen LogP) is 4.35. The molecule has 5 rings (SSSR count). The Bertz CT molecular complexity index is 1630. The first-order valence-corrected chi connectivity index (χ1v) is 12.9. The standard InChI is InChI=1S/C29H27F3N4O5/c1-18-14-21(22-4-2-3-5-23(22)33-18)17-36-11-8-19-15-20(6-7-24(19)36)26(38)34-28(9-12-40-13-10-28)16-25(37)35-41-27(39)29(30,31)32/h2-8,11,14-15H,9-10,12-13,16-17H2,1H3,(H,34,38)(H,35,37). The molecule has 0 radical (unpaired) electrons. The van der Waals surface area contributed by atoms with Gasteiger partial charge in [0.25, 0.3) is 11.8 Å². The third kappa shape index (κ3) is 6.32. The molecule has 9 nitrogen and oxygen atoms in total. The fourth-order valence-electron chi connectivity index (χ4n) is 5.11. The number of nitrogens with one attached hydrogen (secondary N) is 2. The van der Waals surface area contributed by atoms with Crippen LogP contribution in [-0.4, -0.2) is 52.3 Å². The summed E-state index contributed by atoms with van der Waals surface area (Å²) >= 11 is 0. The normalized spacial score (nSPS) is 15.0. The maximum atomic E-state index is 13.3. The van der Waals surface area contributed by atoms with Crippen molar-refractivity contribution in [1.29, 1.82) is 0 Å². The molecule has 1 saturated heterocycles. The van der Waals surface area contributed by atoms with Gasteiger partial charge in [-0.1, -0.05) is 18.2 Å². The number of fused-ring (bicyclic) bond motifs is 2. The molecule has 2 N–H and O–H groups in total. The van der Waals surface area contributed by atoms with Crippen LogP contribution in [0.5, 0.6) is 0 Å². The Hall–Kier alpha value is -4.45. The van der Waals surface area contributed by atoms with Crippen LogP contribution in [-0.2, 0) is 25.7 Å². The Balaban J connectivity index is 1.31. The molecule has 1 aliphatic heterocycles. The maximum Gasteiger partial charge on any atom is 0.493 e. The second-order valence-electron chi connectivity index (χ2n) is 10.1. The third-order valence-corrected chi connectivity index (χ3v) is 7.12.